The summed E-state index contributed by atoms with van der Waals surface area (Å²) in [6, 6.07) is 10.7. The van der Waals surface area contributed by atoms with Crippen LogP contribution in [0.3, 0.4) is 0 Å². The van der Waals surface area contributed by atoms with E-state index in [4.69, 9.17) is 4.74 Å². The molecule has 1 amide bonds. The number of carbonyl (C=O) groups excluding carboxylic acids is 1. The van der Waals surface area contributed by atoms with Crippen LogP contribution in [0.5, 0.6) is 5.75 Å². The van der Waals surface area contributed by atoms with Crippen LogP contribution >= 0.6 is 0 Å². The van der Waals surface area contributed by atoms with Crippen LogP contribution in [-0.4, -0.2) is 17.4 Å². The molecule has 2 aromatic rings. The van der Waals surface area contributed by atoms with E-state index in [2.05, 4.69) is 5.32 Å². The van der Waals surface area contributed by atoms with Gasteiger partial charge in [-0.25, -0.2) is 4.39 Å². The molecule has 0 aliphatic rings. The summed E-state index contributed by atoms with van der Waals surface area (Å²) >= 11 is 0. The van der Waals surface area contributed by atoms with Crippen LogP contribution in [0.25, 0.3) is 0 Å². The molecule has 0 saturated carbocycles. The van der Waals surface area contributed by atoms with Gasteiger partial charge >= 0.3 is 0 Å². The predicted octanol–water partition coefficient (Wildman–Crippen LogP) is 2.75. The number of nitrogens with one attached hydrogen (secondary N) is 1. The summed E-state index contributed by atoms with van der Waals surface area (Å²) in [5.41, 5.74) is 0.395. The highest BCUT2D eigenvalue weighted by molar-refractivity contribution is 5.91. The van der Waals surface area contributed by atoms with Gasteiger partial charge in [-0.05, 0) is 36.4 Å². The second-order valence-corrected chi connectivity index (χ2v) is 4.09. The number of rotatable bonds is 5. The minimum absolute atomic E-state index is 0.0573. The van der Waals surface area contributed by atoms with Gasteiger partial charge in [-0.3, -0.25) is 14.9 Å². The molecule has 2 aromatic carbocycles. The maximum atomic E-state index is 12.7. The molecule has 1 N–H and O–H groups in total. The number of ether oxygens (including phenoxy) is 1. The van der Waals surface area contributed by atoms with E-state index in [1.165, 1.54) is 48.5 Å². The second-order valence-electron chi connectivity index (χ2n) is 4.09. The lowest BCUT2D eigenvalue weighted by molar-refractivity contribution is -0.384. The van der Waals surface area contributed by atoms with Crippen molar-refractivity contribution in [1.29, 1.82) is 0 Å². The van der Waals surface area contributed by atoms with E-state index in [1.54, 1.807) is 0 Å². The summed E-state index contributed by atoms with van der Waals surface area (Å²) in [4.78, 5) is 21.6. The molecule has 0 aliphatic carbocycles. The van der Waals surface area contributed by atoms with Gasteiger partial charge in [0, 0.05) is 17.8 Å². The van der Waals surface area contributed by atoms with E-state index < -0.39 is 16.6 Å². The summed E-state index contributed by atoms with van der Waals surface area (Å²) in [6.45, 7) is -0.255. The molecule has 2 rings (SSSR count). The van der Waals surface area contributed by atoms with Crippen LogP contribution in [0.15, 0.2) is 48.5 Å². The van der Waals surface area contributed by atoms with E-state index in [1.807, 2.05) is 0 Å². The molecule has 0 aliphatic heterocycles. The first kappa shape index (κ1) is 14.4. The van der Waals surface area contributed by atoms with Gasteiger partial charge in [0.15, 0.2) is 6.61 Å². The first-order valence-corrected chi connectivity index (χ1v) is 5.97. The average Bonchev–Trinajstić information content (AvgIpc) is 2.48. The molecule has 0 spiro atoms. The Morgan fingerprint density at radius 3 is 2.33 bits per heavy atom. The Morgan fingerprint density at radius 1 is 1.14 bits per heavy atom. The van der Waals surface area contributed by atoms with E-state index >= 15 is 0 Å². The Labute approximate surface area is 119 Å². The normalized spacial score (nSPS) is 9.95. The third kappa shape index (κ3) is 4.27. The predicted molar refractivity (Wildman–Crippen MR) is 73.6 cm³/mol. The number of carbonyl (C=O) groups is 1. The van der Waals surface area contributed by atoms with Crippen molar-refractivity contribution >= 4 is 17.3 Å². The van der Waals surface area contributed by atoms with Gasteiger partial charge in [0.05, 0.1) is 4.92 Å². The molecule has 0 atom stereocenters. The van der Waals surface area contributed by atoms with E-state index in [0.717, 1.165) is 0 Å². The zero-order valence-electron chi connectivity index (χ0n) is 10.8. The number of nitrogens with zero attached hydrogens (tertiary/aromatic N) is 1. The molecule has 108 valence electrons. The maximum absolute atomic E-state index is 12.7. The number of hydrogen-bond donors (Lipinski definition) is 1. The standard InChI is InChI=1S/C14H11FN2O4/c15-10-1-3-11(4-2-10)16-14(18)9-21-13-7-5-12(6-8-13)17(19)20/h1-8H,9H2,(H,16,18). The topological polar surface area (TPSA) is 81.5 Å². The highest BCUT2D eigenvalue weighted by Crippen LogP contribution is 2.17. The van der Waals surface area contributed by atoms with E-state index in [-0.39, 0.29) is 12.3 Å². The van der Waals surface area contributed by atoms with Gasteiger partial charge in [-0.15, -0.1) is 0 Å². The number of amides is 1. The lowest BCUT2D eigenvalue weighted by atomic mass is 10.3. The van der Waals surface area contributed by atoms with Crippen molar-refractivity contribution in [2.75, 3.05) is 11.9 Å². The number of halogens is 1. The minimum Gasteiger partial charge on any atom is -0.484 e. The molecular weight excluding hydrogens is 279 g/mol. The number of anilines is 1. The Kier molecular flexibility index (Phi) is 4.45. The summed E-state index contributed by atoms with van der Waals surface area (Å²) in [7, 11) is 0. The van der Waals surface area contributed by atoms with Gasteiger partial charge in [0.25, 0.3) is 11.6 Å². The minimum atomic E-state index is -0.523. The van der Waals surface area contributed by atoms with Gasteiger partial charge in [0.1, 0.15) is 11.6 Å². The van der Waals surface area contributed by atoms with Crippen LogP contribution in [0, 0.1) is 15.9 Å². The summed E-state index contributed by atoms with van der Waals surface area (Å²) in [5.74, 6) is -0.468. The smallest absolute Gasteiger partial charge is 0.269 e. The molecule has 0 aromatic heterocycles. The average molecular weight is 290 g/mol. The van der Waals surface area contributed by atoms with E-state index in [9.17, 15) is 19.3 Å². The van der Waals surface area contributed by atoms with Crippen LogP contribution < -0.4 is 10.1 Å². The van der Waals surface area contributed by atoms with Crippen molar-refractivity contribution in [3.8, 4) is 5.75 Å². The first-order chi connectivity index (χ1) is 10.0. The molecule has 0 heterocycles. The van der Waals surface area contributed by atoms with Crippen molar-refractivity contribution in [3.63, 3.8) is 0 Å². The molecule has 21 heavy (non-hydrogen) atoms. The Hall–Kier alpha value is -2.96. The Morgan fingerprint density at radius 2 is 1.76 bits per heavy atom. The van der Waals surface area contributed by atoms with Crippen molar-refractivity contribution in [3.05, 3.63) is 64.5 Å². The number of nitro benzene ring substituents is 1. The fraction of sp³-hybridized carbons (Fsp3) is 0.0714. The summed E-state index contributed by atoms with van der Waals surface area (Å²) < 4.78 is 17.9. The zero-order valence-corrected chi connectivity index (χ0v) is 10.8. The molecule has 0 saturated heterocycles. The third-order valence-corrected chi connectivity index (χ3v) is 2.55. The zero-order chi connectivity index (χ0) is 15.2. The van der Waals surface area contributed by atoms with Gasteiger partial charge in [0.2, 0.25) is 0 Å². The Balaban J connectivity index is 1.86. The largest absolute Gasteiger partial charge is 0.484 e. The van der Waals surface area contributed by atoms with Crippen LogP contribution in [0.2, 0.25) is 0 Å². The number of hydrogen-bond acceptors (Lipinski definition) is 4. The van der Waals surface area contributed by atoms with Gasteiger partial charge < -0.3 is 10.1 Å². The molecule has 6 nitrogen and oxygen atoms in total. The first-order valence-electron chi connectivity index (χ1n) is 5.97. The van der Waals surface area contributed by atoms with E-state index in [0.29, 0.717) is 11.4 Å². The molecule has 7 heteroatoms. The fourth-order valence-electron chi connectivity index (χ4n) is 1.54. The SMILES string of the molecule is O=C(COc1ccc([N+](=O)[O-])cc1)Nc1ccc(F)cc1. The van der Waals surface area contributed by atoms with Gasteiger partial charge in [-0.1, -0.05) is 0 Å². The second kappa shape index (κ2) is 6.47. The quantitative estimate of drug-likeness (QED) is 0.678. The fourth-order valence-corrected chi connectivity index (χ4v) is 1.54. The monoisotopic (exact) mass is 290 g/mol. The van der Waals surface area contributed by atoms with Crippen LogP contribution in [0.4, 0.5) is 15.8 Å². The van der Waals surface area contributed by atoms with Crippen LogP contribution in [-0.2, 0) is 4.79 Å². The lowest BCUT2D eigenvalue weighted by Gasteiger charge is -2.07. The molecule has 0 radical (unpaired) electrons. The molecule has 0 fully saturated rings. The highest BCUT2D eigenvalue weighted by Gasteiger charge is 2.07. The molecule has 0 bridgehead atoms. The maximum Gasteiger partial charge on any atom is 0.269 e. The number of non-ortho nitro benzene ring substituents is 1. The van der Waals surface area contributed by atoms with Crippen molar-refractivity contribution in [2.24, 2.45) is 0 Å². The number of nitro groups is 1. The number of benzene rings is 2. The van der Waals surface area contributed by atoms with Crippen molar-refractivity contribution < 1.29 is 18.8 Å². The van der Waals surface area contributed by atoms with Crippen LogP contribution in [0.1, 0.15) is 0 Å². The van der Waals surface area contributed by atoms with Crippen molar-refractivity contribution in [2.45, 2.75) is 0 Å². The summed E-state index contributed by atoms with van der Waals surface area (Å²) in [6.07, 6.45) is 0. The van der Waals surface area contributed by atoms with Crippen molar-refractivity contribution in [1.82, 2.24) is 0 Å². The third-order valence-electron chi connectivity index (χ3n) is 2.55. The molecule has 0 unspecified atom stereocenters. The highest BCUT2D eigenvalue weighted by atomic mass is 19.1. The summed E-state index contributed by atoms with van der Waals surface area (Å²) in [5, 5.41) is 13.0. The molecular formula is C14H11FN2O4. The Bertz CT molecular complexity index is 641. The van der Waals surface area contributed by atoms with Gasteiger partial charge in [-0.2, -0.15) is 0 Å². The lowest BCUT2D eigenvalue weighted by Crippen LogP contribution is -2.20.